The quantitative estimate of drug-likeness (QED) is 0.599. The zero-order valence-corrected chi connectivity index (χ0v) is 19.6. The summed E-state index contributed by atoms with van der Waals surface area (Å²) >= 11 is 0. The van der Waals surface area contributed by atoms with Crippen LogP contribution in [-0.2, 0) is 14.3 Å². The number of ether oxygens (including phenoxy) is 3. The summed E-state index contributed by atoms with van der Waals surface area (Å²) in [6.45, 7) is 5.00. The molecule has 2 aromatic rings. The SMILES string of the molecule is COc1ccc(NC(=O)C(C)N(C)CC(=O)Nc2ccc(N3CCOCC3)cc2)cc1OC. The summed E-state index contributed by atoms with van der Waals surface area (Å²) in [6.07, 6.45) is 0. The number of nitrogens with one attached hydrogen (secondary N) is 2. The van der Waals surface area contributed by atoms with Gasteiger partial charge in [-0.3, -0.25) is 14.5 Å². The minimum absolute atomic E-state index is 0.0751. The minimum Gasteiger partial charge on any atom is -0.493 e. The van der Waals surface area contributed by atoms with Crippen LogP contribution in [0.25, 0.3) is 0 Å². The highest BCUT2D eigenvalue weighted by molar-refractivity contribution is 5.96. The Kier molecular flexibility index (Phi) is 8.51. The van der Waals surface area contributed by atoms with Crippen molar-refractivity contribution in [1.82, 2.24) is 4.90 Å². The third-order valence-electron chi connectivity index (χ3n) is 5.61. The molecule has 1 fully saturated rings. The molecule has 1 aliphatic rings. The number of morpholine rings is 1. The number of carbonyl (C=O) groups excluding carboxylic acids is 2. The smallest absolute Gasteiger partial charge is 0.241 e. The molecule has 2 aromatic carbocycles. The Morgan fingerprint density at radius 1 is 1.00 bits per heavy atom. The Hall–Kier alpha value is -3.30. The average molecular weight is 457 g/mol. The molecule has 9 heteroatoms. The lowest BCUT2D eigenvalue weighted by molar-refractivity contribution is -0.122. The largest absolute Gasteiger partial charge is 0.493 e. The topological polar surface area (TPSA) is 92.4 Å². The first-order valence-corrected chi connectivity index (χ1v) is 10.9. The van der Waals surface area contributed by atoms with Crippen molar-refractivity contribution in [1.29, 1.82) is 0 Å². The third kappa shape index (κ3) is 6.59. The van der Waals surface area contributed by atoms with Crippen LogP contribution in [0.3, 0.4) is 0 Å². The van der Waals surface area contributed by atoms with Gasteiger partial charge in [0.15, 0.2) is 11.5 Å². The maximum atomic E-state index is 12.7. The van der Waals surface area contributed by atoms with E-state index in [1.165, 1.54) is 7.11 Å². The van der Waals surface area contributed by atoms with Crippen LogP contribution in [0.1, 0.15) is 6.92 Å². The molecule has 0 aliphatic carbocycles. The molecule has 0 bridgehead atoms. The molecule has 0 radical (unpaired) electrons. The summed E-state index contributed by atoms with van der Waals surface area (Å²) in [5.41, 5.74) is 2.41. The molecule has 33 heavy (non-hydrogen) atoms. The van der Waals surface area contributed by atoms with Gasteiger partial charge < -0.3 is 29.7 Å². The standard InChI is InChI=1S/C24H32N4O5/c1-17(24(30)26-19-7-10-21(31-3)22(15-19)32-4)27(2)16-23(29)25-18-5-8-20(9-6-18)28-11-13-33-14-12-28/h5-10,15,17H,11-14,16H2,1-4H3,(H,25,29)(H,26,30). The number of hydrogen-bond donors (Lipinski definition) is 2. The molecule has 2 amide bonds. The molecular weight excluding hydrogens is 424 g/mol. The third-order valence-corrected chi connectivity index (χ3v) is 5.61. The van der Waals surface area contributed by atoms with Gasteiger partial charge in [0.25, 0.3) is 0 Å². The van der Waals surface area contributed by atoms with Crippen molar-refractivity contribution in [3.05, 3.63) is 42.5 Å². The molecule has 0 saturated carbocycles. The highest BCUT2D eigenvalue weighted by Crippen LogP contribution is 2.29. The highest BCUT2D eigenvalue weighted by Gasteiger charge is 2.21. The number of anilines is 3. The molecule has 1 aliphatic heterocycles. The van der Waals surface area contributed by atoms with Crippen LogP contribution < -0.4 is 25.0 Å². The molecule has 0 aromatic heterocycles. The van der Waals surface area contributed by atoms with Gasteiger partial charge in [-0.25, -0.2) is 0 Å². The predicted molar refractivity (Wildman–Crippen MR) is 128 cm³/mol. The molecule has 9 nitrogen and oxygen atoms in total. The number of likely N-dealkylation sites (N-methyl/N-ethyl adjacent to an activating group) is 1. The molecular formula is C24H32N4O5. The van der Waals surface area contributed by atoms with Gasteiger partial charge in [0.2, 0.25) is 11.8 Å². The molecule has 2 N–H and O–H groups in total. The van der Waals surface area contributed by atoms with E-state index < -0.39 is 6.04 Å². The van der Waals surface area contributed by atoms with Gasteiger partial charge in [-0.2, -0.15) is 0 Å². The average Bonchev–Trinajstić information content (AvgIpc) is 2.84. The first kappa shape index (κ1) is 24.3. The highest BCUT2D eigenvalue weighted by atomic mass is 16.5. The van der Waals surface area contributed by atoms with Gasteiger partial charge in [-0.1, -0.05) is 0 Å². The Balaban J connectivity index is 1.50. The van der Waals surface area contributed by atoms with Gasteiger partial charge in [0, 0.05) is 36.2 Å². The zero-order chi connectivity index (χ0) is 23.8. The van der Waals surface area contributed by atoms with Crippen molar-refractivity contribution >= 4 is 28.9 Å². The predicted octanol–water partition coefficient (Wildman–Crippen LogP) is 2.44. The maximum Gasteiger partial charge on any atom is 0.241 e. The van der Waals surface area contributed by atoms with Crippen molar-refractivity contribution in [3.8, 4) is 11.5 Å². The Bertz CT molecular complexity index is 944. The first-order valence-electron chi connectivity index (χ1n) is 10.9. The van der Waals surface area contributed by atoms with Crippen LogP contribution in [0, 0.1) is 0 Å². The summed E-state index contributed by atoms with van der Waals surface area (Å²) in [7, 11) is 4.82. The van der Waals surface area contributed by atoms with E-state index >= 15 is 0 Å². The number of rotatable bonds is 9. The molecule has 178 valence electrons. The molecule has 0 spiro atoms. The van der Waals surface area contributed by atoms with Crippen LogP contribution in [0.5, 0.6) is 11.5 Å². The van der Waals surface area contributed by atoms with Crippen LogP contribution in [0.2, 0.25) is 0 Å². The number of benzene rings is 2. The fourth-order valence-corrected chi connectivity index (χ4v) is 3.50. The van der Waals surface area contributed by atoms with E-state index in [0.29, 0.717) is 22.9 Å². The number of methoxy groups -OCH3 is 2. The number of nitrogens with zero attached hydrogens (tertiary/aromatic N) is 2. The number of amides is 2. The van der Waals surface area contributed by atoms with Gasteiger partial charge in [0.1, 0.15) is 0 Å². The van der Waals surface area contributed by atoms with Crippen LogP contribution >= 0.6 is 0 Å². The molecule has 3 rings (SSSR count). The van der Waals surface area contributed by atoms with E-state index in [9.17, 15) is 9.59 Å². The van der Waals surface area contributed by atoms with Crippen LogP contribution in [-0.4, -0.2) is 76.9 Å². The van der Waals surface area contributed by atoms with Crippen molar-refractivity contribution in [2.75, 3.05) is 69.6 Å². The van der Waals surface area contributed by atoms with Gasteiger partial charge in [0.05, 0.1) is 40.0 Å². The maximum absolute atomic E-state index is 12.7. The van der Waals surface area contributed by atoms with Crippen molar-refractivity contribution in [2.24, 2.45) is 0 Å². The normalized spacial score (nSPS) is 14.5. The Morgan fingerprint density at radius 2 is 1.64 bits per heavy atom. The van der Waals surface area contributed by atoms with Gasteiger partial charge in [-0.15, -0.1) is 0 Å². The molecule has 1 atom stereocenters. The fourth-order valence-electron chi connectivity index (χ4n) is 3.50. The summed E-state index contributed by atoms with van der Waals surface area (Å²) in [5, 5.41) is 5.74. The fraction of sp³-hybridized carbons (Fsp3) is 0.417. The number of carbonyl (C=O) groups is 2. The second kappa shape index (κ2) is 11.5. The van der Waals surface area contributed by atoms with E-state index in [1.54, 1.807) is 44.2 Å². The van der Waals surface area contributed by atoms with E-state index in [0.717, 1.165) is 32.0 Å². The van der Waals surface area contributed by atoms with Gasteiger partial charge >= 0.3 is 0 Å². The van der Waals surface area contributed by atoms with E-state index in [2.05, 4.69) is 15.5 Å². The Morgan fingerprint density at radius 3 is 2.27 bits per heavy atom. The molecule has 1 unspecified atom stereocenters. The van der Waals surface area contributed by atoms with Crippen LogP contribution in [0.4, 0.5) is 17.1 Å². The Labute approximate surface area is 194 Å². The summed E-state index contributed by atoms with van der Waals surface area (Å²) < 4.78 is 15.9. The van der Waals surface area contributed by atoms with E-state index in [-0.39, 0.29) is 18.4 Å². The van der Waals surface area contributed by atoms with Crippen molar-refractivity contribution in [3.63, 3.8) is 0 Å². The molecule has 1 saturated heterocycles. The second-order valence-corrected chi connectivity index (χ2v) is 7.84. The van der Waals surface area contributed by atoms with Crippen molar-refractivity contribution in [2.45, 2.75) is 13.0 Å². The second-order valence-electron chi connectivity index (χ2n) is 7.84. The van der Waals surface area contributed by atoms with Crippen LogP contribution in [0.15, 0.2) is 42.5 Å². The summed E-state index contributed by atoms with van der Waals surface area (Å²) in [6, 6.07) is 12.4. The van der Waals surface area contributed by atoms with Gasteiger partial charge in [-0.05, 0) is 50.4 Å². The van der Waals surface area contributed by atoms with Crippen molar-refractivity contribution < 1.29 is 23.8 Å². The lowest BCUT2D eigenvalue weighted by Gasteiger charge is -2.29. The monoisotopic (exact) mass is 456 g/mol. The summed E-state index contributed by atoms with van der Waals surface area (Å²) in [5.74, 6) is 0.681. The summed E-state index contributed by atoms with van der Waals surface area (Å²) in [4.78, 5) is 29.1. The van der Waals surface area contributed by atoms with E-state index in [4.69, 9.17) is 14.2 Å². The zero-order valence-electron chi connectivity index (χ0n) is 19.6. The lowest BCUT2D eigenvalue weighted by Crippen LogP contribution is -2.43. The minimum atomic E-state index is -0.521. The first-order chi connectivity index (χ1) is 15.9. The lowest BCUT2D eigenvalue weighted by atomic mass is 10.2. The number of hydrogen-bond acceptors (Lipinski definition) is 7. The molecule has 1 heterocycles. The van der Waals surface area contributed by atoms with E-state index in [1.807, 2.05) is 24.3 Å².